The van der Waals surface area contributed by atoms with Gasteiger partial charge in [0, 0.05) is 42.8 Å². The number of aromatic nitrogens is 3. The number of nitrogens with one attached hydrogen (secondary N) is 1. The van der Waals surface area contributed by atoms with Crippen molar-refractivity contribution in [2.24, 2.45) is 0 Å². The second kappa shape index (κ2) is 9.98. The second-order valence-electron chi connectivity index (χ2n) is 9.06. The molecule has 2 aromatic heterocycles. The van der Waals surface area contributed by atoms with Crippen molar-refractivity contribution >= 4 is 38.8 Å². The van der Waals surface area contributed by atoms with Crippen LogP contribution < -0.4 is 10.2 Å². The van der Waals surface area contributed by atoms with E-state index in [1.54, 1.807) is 11.3 Å². The zero-order valence-corrected chi connectivity index (χ0v) is 20.5. The van der Waals surface area contributed by atoms with E-state index in [0.29, 0.717) is 6.04 Å². The molecule has 0 radical (unpaired) electrons. The first-order valence-corrected chi connectivity index (χ1v) is 13.3. The number of anilines is 2. The van der Waals surface area contributed by atoms with Crippen molar-refractivity contribution in [1.82, 2.24) is 19.5 Å². The minimum atomic E-state index is 0.478. The van der Waals surface area contributed by atoms with E-state index in [0.717, 1.165) is 58.4 Å². The summed E-state index contributed by atoms with van der Waals surface area (Å²) < 4.78 is 2.05. The third kappa shape index (κ3) is 4.75. The highest BCUT2D eigenvalue weighted by atomic mass is 35.5. The summed E-state index contributed by atoms with van der Waals surface area (Å²) in [4.78, 5) is 11.0. The summed E-state index contributed by atoms with van der Waals surface area (Å²) in [5.41, 5.74) is 2.06. The molecular weight excluding hydrogens is 440 g/mol. The van der Waals surface area contributed by atoms with Crippen LogP contribution in [0.4, 0.5) is 10.9 Å². The van der Waals surface area contributed by atoms with Gasteiger partial charge in [-0.15, -0.1) is 5.10 Å². The monoisotopic (exact) mass is 472 g/mol. The average molecular weight is 473 g/mol. The van der Waals surface area contributed by atoms with Gasteiger partial charge in [-0.3, -0.25) is 4.90 Å². The molecule has 1 saturated carbocycles. The normalized spacial score (nSPS) is 18.9. The summed E-state index contributed by atoms with van der Waals surface area (Å²) in [6.07, 6.45) is 8.91. The molecule has 0 amide bonds. The maximum atomic E-state index is 6.15. The van der Waals surface area contributed by atoms with Crippen LogP contribution in [0.1, 0.15) is 51.9 Å². The zero-order chi connectivity index (χ0) is 21.9. The molecule has 1 aliphatic heterocycles. The maximum absolute atomic E-state index is 6.15. The molecule has 2 fully saturated rings. The predicted molar refractivity (Wildman–Crippen MR) is 135 cm³/mol. The Bertz CT molecular complexity index is 1010. The number of benzene rings is 1. The molecule has 32 heavy (non-hydrogen) atoms. The van der Waals surface area contributed by atoms with Crippen LogP contribution in [0.5, 0.6) is 0 Å². The molecule has 1 aromatic carbocycles. The van der Waals surface area contributed by atoms with Crippen molar-refractivity contribution in [3.63, 3.8) is 0 Å². The fourth-order valence-electron chi connectivity index (χ4n) is 4.90. The third-order valence-corrected chi connectivity index (χ3v) is 7.91. The summed E-state index contributed by atoms with van der Waals surface area (Å²) in [7, 11) is 0. The van der Waals surface area contributed by atoms with Gasteiger partial charge >= 0.3 is 0 Å². The number of imidazole rings is 1. The quantitative estimate of drug-likeness (QED) is 0.461. The first kappa shape index (κ1) is 22.0. The van der Waals surface area contributed by atoms with E-state index >= 15 is 0 Å². The highest BCUT2D eigenvalue weighted by molar-refractivity contribution is 7.20. The molecule has 0 atom stereocenters. The Balaban J connectivity index is 1.45. The van der Waals surface area contributed by atoms with Crippen molar-refractivity contribution < 1.29 is 0 Å². The molecule has 2 aliphatic rings. The molecular formula is C24H33ClN6S. The van der Waals surface area contributed by atoms with Gasteiger partial charge in [0.05, 0.1) is 0 Å². The Morgan fingerprint density at radius 1 is 1.03 bits per heavy atom. The lowest BCUT2D eigenvalue weighted by atomic mass is 10.1. The number of halogens is 1. The van der Waals surface area contributed by atoms with Crippen molar-refractivity contribution in [1.29, 1.82) is 0 Å². The minimum absolute atomic E-state index is 0.478. The van der Waals surface area contributed by atoms with Crippen LogP contribution in [0.15, 0.2) is 24.3 Å². The van der Waals surface area contributed by atoms with E-state index < -0.39 is 0 Å². The Hall–Kier alpha value is -1.83. The Labute approximate surface area is 199 Å². The molecule has 0 unspecified atom stereocenters. The van der Waals surface area contributed by atoms with Gasteiger partial charge in [0.15, 0.2) is 5.82 Å². The van der Waals surface area contributed by atoms with E-state index in [4.69, 9.17) is 21.7 Å². The molecule has 1 N–H and O–H groups in total. The van der Waals surface area contributed by atoms with Gasteiger partial charge in [0.2, 0.25) is 10.1 Å². The Morgan fingerprint density at radius 3 is 2.44 bits per heavy atom. The SMILES string of the molecule is CCCN1CCN(c2nn3c(NC4CCCCCC4)c(-c4ccc(Cl)cc4)nc3s2)CC1. The Morgan fingerprint density at radius 2 is 1.75 bits per heavy atom. The minimum Gasteiger partial charge on any atom is -0.365 e. The van der Waals surface area contributed by atoms with E-state index in [-0.39, 0.29) is 0 Å². The fraction of sp³-hybridized carbons (Fsp3) is 0.583. The van der Waals surface area contributed by atoms with Gasteiger partial charge in [0.1, 0.15) is 5.69 Å². The Kier molecular flexibility index (Phi) is 6.85. The first-order chi connectivity index (χ1) is 15.7. The van der Waals surface area contributed by atoms with Crippen LogP contribution in [0.3, 0.4) is 0 Å². The van der Waals surface area contributed by atoms with E-state index in [2.05, 4.69) is 34.2 Å². The first-order valence-electron chi connectivity index (χ1n) is 12.1. The lowest BCUT2D eigenvalue weighted by molar-refractivity contribution is 0.258. The molecule has 3 heterocycles. The van der Waals surface area contributed by atoms with E-state index in [1.165, 1.54) is 51.5 Å². The molecule has 3 aromatic rings. The van der Waals surface area contributed by atoms with E-state index in [9.17, 15) is 0 Å². The highest BCUT2D eigenvalue weighted by Crippen LogP contribution is 2.35. The van der Waals surface area contributed by atoms with Gasteiger partial charge in [-0.25, -0.2) is 4.98 Å². The van der Waals surface area contributed by atoms with Crippen LogP contribution in [0.25, 0.3) is 16.2 Å². The molecule has 5 rings (SSSR count). The average Bonchev–Trinajstić information content (AvgIpc) is 3.24. The molecule has 1 aliphatic carbocycles. The predicted octanol–water partition coefficient (Wildman–Crippen LogP) is 5.78. The zero-order valence-electron chi connectivity index (χ0n) is 18.9. The second-order valence-corrected chi connectivity index (χ2v) is 10.4. The van der Waals surface area contributed by atoms with Crippen molar-refractivity contribution in [3.8, 4) is 11.3 Å². The topological polar surface area (TPSA) is 48.7 Å². The van der Waals surface area contributed by atoms with Crippen LogP contribution in [-0.2, 0) is 0 Å². The molecule has 8 heteroatoms. The van der Waals surface area contributed by atoms with Gasteiger partial charge in [0.25, 0.3) is 0 Å². The van der Waals surface area contributed by atoms with Gasteiger partial charge in [-0.2, -0.15) is 4.52 Å². The lowest BCUT2D eigenvalue weighted by Crippen LogP contribution is -2.46. The summed E-state index contributed by atoms with van der Waals surface area (Å²) in [5.74, 6) is 1.03. The van der Waals surface area contributed by atoms with Crippen molar-refractivity contribution in [2.45, 2.75) is 57.9 Å². The van der Waals surface area contributed by atoms with Crippen LogP contribution in [0.2, 0.25) is 5.02 Å². The maximum Gasteiger partial charge on any atom is 0.216 e. The van der Waals surface area contributed by atoms with E-state index in [1.807, 2.05) is 16.6 Å². The summed E-state index contributed by atoms with van der Waals surface area (Å²) in [5, 5.41) is 10.7. The fourth-order valence-corrected chi connectivity index (χ4v) is 5.98. The molecule has 1 saturated heterocycles. The smallest absolute Gasteiger partial charge is 0.216 e. The van der Waals surface area contributed by atoms with Gasteiger partial charge in [-0.05, 0) is 37.9 Å². The number of rotatable bonds is 6. The summed E-state index contributed by atoms with van der Waals surface area (Å²) >= 11 is 7.85. The van der Waals surface area contributed by atoms with Crippen molar-refractivity contribution in [3.05, 3.63) is 29.3 Å². The highest BCUT2D eigenvalue weighted by Gasteiger charge is 2.25. The summed E-state index contributed by atoms with van der Waals surface area (Å²) in [6.45, 7) is 7.73. The number of fused-ring (bicyclic) bond motifs is 1. The molecule has 6 nitrogen and oxygen atoms in total. The van der Waals surface area contributed by atoms with Gasteiger partial charge < -0.3 is 10.2 Å². The largest absolute Gasteiger partial charge is 0.365 e. The lowest BCUT2D eigenvalue weighted by Gasteiger charge is -2.34. The standard InChI is InChI=1S/C24H33ClN6S/c1-2-13-29-14-16-30(17-15-29)24-28-31-22(26-20-7-5-3-4-6-8-20)21(27-23(31)32-24)18-9-11-19(25)12-10-18/h9-12,20,26H,2-8,13-17H2,1H3. The molecule has 0 spiro atoms. The number of hydrogen-bond donors (Lipinski definition) is 1. The molecule has 172 valence electrons. The molecule has 0 bridgehead atoms. The summed E-state index contributed by atoms with van der Waals surface area (Å²) in [6, 6.07) is 8.47. The number of piperazine rings is 1. The van der Waals surface area contributed by atoms with Crippen LogP contribution in [-0.4, -0.2) is 58.3 Å². The van der Waals surface area contributed by atoms with Crippen LogP contribution >= 0.6 is 22.9 Å². The number of nitrogens with zero attached hydrogens (tertiary/aromatic N) is 5. The third-order valence-electron chi connectivity index (χ3n) is 6.69. The van der Waals surface area contributed by atoms with Crippen LogP contribution in [0, 0.1) is 0 Å². The number of hydrogen-bond acceptors (Lipinski definition) is 6. The van der Waals surface area contributed by atoms with Crippen molar-refractivity contribution in [2.75, 3.05) is 42.9 Å². The van der Waals surface area contributed by atoms with Gasteiger partial charge in [-0.1, -0.05) is 67.7 Å².